The molecule has 1 aromatic carbocycles. The predicted molar refractivity (Wildman–Crippen MR) is 136 cm³/mol. The van der Waals surface area contributed by atoms with Gasteiger partial charge in [0, 0.05) is 26.2 Å². The fraction of sp³-hybridized carbons (Fsp3) is 0.692. The number of carbonyl (C=O) groups excluding carboxylic acids is 2. The van der Waals surface area contributed by atoms with Crippen LogP contribution in [0.5, 0.6) is 0 Å². The van der Waals surface area contributed by atoms with Crippen molar-refractivity contribution in [1.29, 1.82) is 0 Å². The summed E-state index contributed by atoms with van der Waals surface area (Å²) in [7, 11) is -2.61. The summed E-state index contributed by atoms with van der Waals surface area (Å²) < 4.78 is 72.5. The molecule has 0 radical (unpaired) electrons. The van der Waals surface area contributed by atoms with Gasteiger partial charge in [-0.2, -0.15) is 17.5 Å². The number of alkyl halides is 3. The first-order valence-corrected chi connectivity index (χ1v) is 14.3. The monoisotopic (exact) mass is 561 g/mol. The number of nitrogens with zero attached hydrogens (tertiary/aromatic N) is 2. The summed E-state index contributed by atoms with van der Waals surface area (Å²) in [4.78, 5) is 26.9. The van der Waals surface area contributed by atoms with E-state index in [0.29, 0.717) is 25.3 Å². The topological polar surface area (TPSA) is 96.0 Å². The highest BCUT2D eigenvalue weighted by Crippen LogP contribution is 2.41. The molecule has 8 nitrogen and oxygen atoms in total. The largest absolute Gasteiger partial charge is 0.444 e. The van der Waals surface area contributed by atoms with Crippen LogP contribution in [-0.2, 0) is 25.7 Å². The van der Waals surface area contributed by atoms with Crippen molar-refractivity contribution >= 4 is 22.0 Å². The molecule has 1 heterocycles. The summed E-state index contributed by atoms with van der Waals surface area (Å²) in [6.45, 7) is 9.41. The molecule has 214 valence electrons. The van der Waals surface area contributed by atoms with Crippen molar-refractivity contribution < 1.29 is 35.9 Å². The second kappa shape index (κ2) is 11.0. The van der Waals surface area contributed by atoms with Crippen LogP contribution < -0.4 is 5.32 Å². The van der Waals surface area contributed by atoms with Gasteiger partial charge in [-0.3, -0.25) is 9.69 Å². The van der Waals surface area contributed by atoms with Gasteiger partial charge in [0.05, 0.1) is 10.5 Å². The molecule has 1 aliphatic carbocycles. The number of carbonyl (C=O) groups is 2. The van der Waals surface area contributed by atoms with E-state index in [2.05, 4.69) is 5.32 Å². The Balaban J connectivity index is 1.73. The Kier molecular flexibility index (Phi) is 8.77. The van der Waals surface area contributed by atoms with Gasteiger partial charge in [0.2, 0.25) is 15.9 Å². The average molecular weight is 562 g/mol. The van der Waals surface area contributed by atoms with Gasteiger partial charge in [-0.25, -0.2) is 13.2 Å². The number of sulfonamides is 1. The van der Waals surface area contributed by atoms with E-state index in [1.807, 2.05) is 13.8 Å². The Morgan fingerprint density at radius 3 is 2.39 bits per heavy atom. The molecule has 38 heavy (non-hydrogen) atoms. The molecule has 2 amide bonds. The van der Waals surface area contributed by atoms with Gasteiger partial charge >= 0.3 is 12.3 Å². The quantitative estimate of drug-likeness (QED) is 0.529. The predicted octanol–water partition coefficient (Wildman–Crippen LogP) is 4.50. The number of amides is 2. The molecule has 1 saturated carbocycles. The number of benzene rings is 1. The molecule has 1 N–H and O–H groups in total. The number of likely N-dealkylation sites (N-methyl/N-ethyl adjacent to an activating group) is 1. The molecule has 12 heteroatoms. The minimum atomic E-state index is -4.65. The summed E-state index contributed by atoms with van der Waals surface area (Å²) in [5.41, 5.74) is -1.74. The highest BCUT2D eigenvalue weighted by atomic mass is 32.2. The maximum Gasteiger partial charge on any atom is 0.416 e. The van der Waals surface area contributed by atoms with E-state index in [9.17, 15) is 31.2 Å². The zero-order chi connectivity index (χ0) is 28.6. The highest BCUT2D eigenvalue weighted by Gasteiger charge is 2.47. The number of halogens is 3. The molecule has 4 atom stereocenters. The first-order chi connectivity index (χ1) is 17.4. The standard InChI is InChI=1S/C26H38F3N3O5S/c1-16(2)12-22(31(6)24(34)37-25(3,4)5)23(33)30-21-11-10-17-14-32(15-20(17)21)38(35,36)19-9-7-8-18(13-19)26(27,28)29/h7-9,13,16-17,20-22H,10-12,14-15H2,1-6H3,(H,30,33)/t17-,20?,21?,22-/m0/s1. The van der Waals surface area contributed by atoms with Crippen LogP contribution in [0.3, 0.4) is 0 Å². The van der Waals surface area contributed by atoms with E-state index < -0.39 is 44.4 Å². The van der Waals surface area contributed by atoms with Gasteiger partial charge in [0.1, 0.15) is 11.6 Å². The molecule has 0 aromatic heterocycles. The van der Waals surface area contributed by atoms with Crippen LogP contribution in [0.2, 0.25) is 0 Å². The van der Waals surface area contributed by atoms with Gasteiger partial charge in [0.15, 0.2) is 0 Å². The van der Waals surface area contributed by atoms with Crippen molar-refractivity contribution in [3.05, 3.63) is 29.8 Å². The van der Waals surface area contributed by atoms with Crippen molar-refractivity contribution in [2.24, 2.45) is 17.8 Å². The SMILES string of the molecule is CC(C)C[C@@H](C(=O)NC1CC[C@H]2CN(S(=O)(=O)c3cccc(C(F)(F)F)c3)CC12)N(C)C(=O)OC(C)(C)C. The zero-order valence-electron chi connectivity index (χ0n) is 22.7. The first kappa shape index (κ1) is 30.2. The maximum absolute atomic E-state index is 13.4. The molecular weight excluding hydrogens is 523 g/mol. The molecule has 0 bridgehead atoms. The number of nitrogens with one attached hydrogen (secondary N) is 1. The minimum Gasteiger partial charge on any atom is -0.444 e. The van der Waals surface area contributed by atoms with E-state index in [1.165, 1.54) is 22.3 Å². The normalized spacial score (nSPS) is 23.3. The molecular formula is C26H38F3N3O5S. The Morgan fingerprint density at radius 2 is 1.82 bits per heavy atom. The third kappa shape index (κ3) is 6.99. The Morgan fingerprint density at radius 1 is 1.16 bits per heavy atom. The lowest BCUT2D eigenvalue weighted by atomic mass is 9.96. The van der Waals surface area contributed by atoms with Crippen LogP contribution in [0.15, 0.2) is 29.2 Å². The first-order valence-electron chi connectivity index (χ1n) is 12.8. The van der Waals surface area contributed by atoms with Crippen LogP contribution >= 0.6 is 0 Å². The van der Waals surface area contributed by atoms with Crippen molar-refractivity contribution in [2.45, 2.75) is 82.6 Å². The van der Waals surface area contributed by atoms with E-state index in [4.69, 9.17) is 4.74 Å². The fourth-order valence-electron chi connectivity index (χ4n) is 5.21. The van der Waals surface area contributed by atoms with Crippen LogP contribution in [-0.4, -0.2) is 67.4 Å². The maximum atomic E-state index is 13.4. The molecule has 1 saturated heterocycles. The third-order valence-electron chi connectivity index (χ3n) is 7.10. The average Bonchev–Trinajstić information content (AvgIpc) is 3.37. The summed E-state index contributed by atoms with van der Waals surface area (Å²) in [5, 5.41) is 3.04. The second-order valence-corrected chi connectivity index (χ2v) is 13.6. The van der Waals surface area contributed by atoms with Crippen LogP contribution in [0.4, 0.5) is 18.0 Å². The Bertz CT molecular complexity index is 1130. The molecule has 2 fully saturated rings. The fourth-order valence-corrected chi connectivity index (χ4v) is 6.79. The Hall–Kier alpha value is -2.34. The molecule has 0 spiro atoms. The molecule has 2 unspecified atom stereocenters. The van der Waals surface area contributed by atoms with Crippen LogP contribution in [0, 0.1) is 17.8 Å². The molecule has 3 rings (SSSR count). The van der Waals surface area contributed by atoms with Crippen molar-refractivity contribution in [3.8, 4) is 0 Å². The summed E-state index contributed by atoms with van der Waals surface area (Å²) in [5.74, 6) is -0.414. The smallest absolute Gasteiger partial charge is 0.416 e. The lowest BCUT2D eigenvalue weighted by Gasteiger charge is -2.32. The Labute approximate surface area is 222 Å². The van der Waals surface area contributed by atoms with Gasteiger partial charge in [-0.15, -0.1) is 0 Å². The summed E-state index contributed by atoms with van der Waals surface area (Å²) >= 11 is 0. The zero-order valence-corrected chi connectivity index (χ0v) is 23.5. The molecule has 1 aliphatic heterocycles. The number of hydrogen-bond donors (Lipinski definition) is 1. The number of rotatable bonds is 7. The van der Waals surface area contributed by atoms with Crippen LogP contribution in [0.1, 0.15) is 59.4 Å². The van der Waals surface area contributed by atoms with Gasteiger partial charge in [-0.05, 0) is 76.0 Å². The molecule has 1 aromatic rings. The second-order valence-electron chi connectivity index (χ2n) is 11.7. The van der Waals surface area contributed by atoms with Crippen molar-refractivity contribution in [3.63, 3.8) is 0 Å². The number of hydrogen-bond acceptors (Lipinski definition) is 5. The van der Waals surface area contributed by atoms with E-state index in [-0.39, 0.29) is 42.8 Å². The van der Waals surface area contributed by atoms with Crippen molar-refractivity contribution in [2.75, 3.05) is 20.1 Å². The number of fused-ring (bicyclic) bond motifs is 1. The third-order valence-corrected chi connectivity index (χ3v) is 8.92. The number of ether oxygens (including phenoxy) is 1. The van der Waals surface area contributed by atoms with Crippen molar-refractivity contribution in [1.82, 2.24) is 14.5 Å². The highest BCUT2D eigenvalue weighted by molar-refractivity contribution is 7.89. The van der Waals surface area contributed by atoms with Gasteiger partial charge < -0.3 is 10.1 Å². The van der Waals surface area contributed by atoms with E-state index in [1.54, 1.807) is 20.8 Å². The molecule has 2 aliphatic rings. The van der Waals surface area contributed by atoms with Gasteiger partial charge in [0.25, 0.3) is 0 Å². The summed E-state index contributed by atoms with van der Waals surface area (Å²) in [6, 6.07) is 2.68. The van der Waals surface area contributed by atoms with Crippen LogP contribution in [0.25, 0.3) is 0 Å². The van der Waals surface area contributed by atoms with E-state index >= 15 is 0 Å². The lowest BCUT2D eigenvalue weighted by molar-refractivity contribution is -0.137. The lowest BCUT2D eigenvalue weighted by Crippen LogP contribution is -2.52. The van der Waals surface area contributed by atoms with E-state index in [0.717, 1.165) is 12.1 Å². The summed E-state index contributed by atoms with van der Waals surface area (Å²) in [6.07, 6.45) is -3.51. The minimum absolute atomic E-state index is 0.0204. The van der Waals surface area contributed by atoms with Gasteiger partial charge in [-0.1, -0.05) is 19.9 Å².